The molecule has 3 unspecified atom stereocenters. The van der Waals surface area contributed by atoms with E-state index in [0.29, 0.717) is 12.0 Å². The highest BCUT2D eigenvalue weighted by atomic mass is 32.1. The number of thiophene rings is 1. The molecule has 0 spiro atoms. The van der Waals surface area contributed by atoms with Crippen LogP contribution in [0.4, 0.5) is 5.82 Å². The molecule has 3 heterocycles. The van der Waals surface area contributed by atoms with E-state index in [4.69, 9.17) is 10.7 Å². The van der Waals surface area contributed by atoms with Gasteiger partial charge in [-0.05, 0) is 51.0 Å². The van der Waals surface area contributed by atoms with E-state index < -0.39 is 0 Å². The summed E-state index contributed by atoms with van der Waals surface area (Å²) in [4.78, 5) is 14.4. The maximum Gasteiger partial charge on any atom is 0.141 e. The van der Waals surface area contributed by atoms with Crippen LogP contribution in [0.3, 0.4) is 0 Å². The lowest BCUT2D eigenvalue weighted by Gasteiger charge is -2.21. The molecular formula is C16H22N4S. The van der Waals surface area contributed by atoms with Gasteiger partial charge in [-0.1, -0.05) is 0 Å². The van der Waals surface area contributed by atoms with Crippen molar-refractivity contribution in [1.82, 2.24) is 9.97 Å². The Morgan fingerprint density at radius 3 is 2.71 bits per heavy atom. The van der Waals surface area contributed by atoms with Crippen molar-refractivity contribution in [2.45, 2.75) is 39.7 Å². The highest BCUT2D eigenvalue weighted by Crippen LogP contribution is 2.42. The van der Waals surface area contributed by atoms with Gasteiger partial charge in [0, 0.05) is 24.0 Å². The highest BCUT2D eigenvalue weighted by Gasteiger charge is 2.42. The van der Waals surface area contributed by atoms with Gasteiger partial charge in [-0.15, -0.1) is 11.3 Å². The molecule has 112 valence electrons. The van der Waals surface area contributed by atoms with Crippen molar-refractivity contribution >= 4 is 27.4 Å². The van der Waals surface area contributed by atoms with Crippen LogP contribution >= 0.6 is 11.3 Å². The lowest BCUT2D eigenvalue weighted by molar-refractivity contribution is 0.453. The van der Waals surface area contributed by atoms with Crippen molar-refractivity contribution in [2.75, 3.05) is 18.0 Å². The second kappa shape index (κ2) is 4.65. The predicted molar refractivity (Wildman–Crippen MR) is 88.0 cm³/mol. The summed E-state index contributed by atoms with van der Waals surface area (Å²) >= 11 is 1.79. The average molecular weight is 302 g/mol. The van der Waals surface area contributed by atoms with E-state index in [0.717, 1.165) is 35.5 Å². The van der Waals surface area contributed by atoms with Crippen molar-refractivity contribution in [3.63, 3.8) is 0 Å². The van der Waals surface area contributed by atoms with Gasteiger partial charge in [-0.25, -0.2) is 9.97 Å². The first kappa shape index (κ1) is 13.5. The number of rotatable bonds is 1. The summed E-state index contributed by atoms with van der Waals surface area (Å²) in [6.45, 7) is 8.54. The number of hydrogen-bond acceptors (Lipinski definition) is 5. The van der Waals surface area contributed by atoms with Gasteiger partial charge in [0.2, 0.25) is 0 Å². The van der Waals surface area contributed by atoms with E-state index in [9.17, 15) is 0 Å². The molecule has 1 aliphatic heterocycles. The van der Waals surface area contributed by atoms with Crippen LogP contribution in [0.5, 0.6) is 0 Å². The predicted octanol–water partition coefficient (Wildman–Crippen LogP) is 2.79. The third kappa shape index (κ3) is 1.98. The number of aryl methyl sites for hydroxylation is 3. The molecular weight excluding hydrogens is 280 g/mol. The molecule has 2 fully saturated rings. The van der Waals surface area contributed by atoms with E-state index in [-0.39, 0.29) is 0 Å². The van der Waals surface area contributed by atoms with Gasteiger partial charge in [0.25, 0.3) is 0 Å². The Labute approximate surface area is 129 Å². The molecule has 2 N–H and O–H groups in total. The van der Waals surface area contributed by atoms with Crippen LogP contribution in [0.1, 0.15) is 29.1 Å². The third-order valence-electron chi connectivity index (χ3n) is 5.33. The first-order valence-corrected chi connectivity index (χ1v) is 8.61. The van der Waals surface area contributed by atoms with Gasteiger partial charge in [0.05, 0.1) is 5.39 Å². The number of nitrogens with zero attached hydrogens (tertiary/aromatic N) is 3. The fourth-order valence-electron chi connectivity index (χ4n) is 4.04. The molecule has 0 bridgehead atoms. The van der Waals surface area contributed by atoms with Gasteiger partial charge in [0.15, 0.2) is 0 Å². The monoisotopic (exact) mass is 302 g/mol. The first-order chi connectivity index (χ1) is 10.0. The molecule has 21 heavy (non-hydrogen) atoms. The van der Waals surface area contributed by atoms with Gasteiger partial charge in [0.1, 0.15) is 16.5 Å². The summed E-state index contributed by atoms with van der Waals surface area (Å²) in [6, 6.07) is 0.378. The van der Waals surface area contributed by atoms with Crippen molar-refractivity contribution in [2.24, 2.45) is 17.6 Å². The molecule has 0 aromatic carbocycles. The standard InChI is InChI=1S/C16H22N4S/c1-8-9(2)21-16-14(8)15(18-10(3)19-16)20-6-11-4-5-13(17)12(11)7-20/h11-13H,4-7,17H2,1-3H3. The van der Waals surface area contributed by atoms with Crippen LogP contribution in [-0.2, 0) is 0 Å². The lowest BCUT2D eigenvalue weighted by atomic mass is 9.98. The van der Waals surface area contributed by atoms with Crippen molar-refractivity contribution in [3.05, 3.63) is 16.3 Å². The Morgan fingerprint density at radius 1 is 1.14 bits per heavy atom. The highest BCUT2D eigenvalue weighted by molar-refractivity contribution is 7.18. The minimum absolute atomic E-state index is 0.378. The molecule has 4 rings (SSSR count). The number of anilines is 1. The van der Waals surface area contributed by atoms with E-state index in [1.165, 1.54) is 28.7 Å². The summed E-state index contributed by atoms with van der Waals surface area (Å²) in [5, 5.41) is 1.26. The quantitative estimate of drug-likeness (QED) is 0.880. The van der Waals surface area contributed by atoms with Crippen LogP contribution in [0, 0.1) is 32.6 Å². The van der Waals surface area contributed by atoms with Crippen molar-refractivity contribution in [1.29, 1.82) is 0 Å². The zero-order valence-corrected chi connectivity index (χ0v) is 13.7. The van der Waals surface area contributed by atoms with E-state index >= 15 is 0 Å². The summed E-state index contributed by atoms with van der Waals surface area (Å²) in [5.74, 6) is 3.42. The van der Waals surface area contributed by atoms with E-state index in [1.807, 2.05) is 6.92 Å². The van der Waals surface area contributed by atoms with Crippen LogP contribution in [-0.4, -0.2) is 29.1 Å². The molecule has 0 radical (unpaired) electrons. The summed E-state index contributed by atoms with van der Waals surface area (Å²) in [7, 11) is 0. The Morgan fingerprint density at radius 2 is 1.95 bits per heavy atom. The van der Waals surface area contributed by atoms with Crippen molar-refractivity contribution in [3.8, 4) is 0 Å². The molecule has 2 aliphatic rings. The number of hydrogen-bond donors (Lipinski definition) is 1. The van der Waals surface area contributed by atoms with Crippen molar-refractivity contribution < 1.29 is 0 Å². The fourth-order valence-corrected chi connectivity index (χ4v) is 5.11. The molecule has 1 saturated heterocycles. The van der Waals surface area contributed by atoms with Crippen LogP contribution < -0.4 is 10.6 Å². The Bertz CT molecular complexity index is 708. The van der Waals surface area contributed by atoms with E-state index in [1.54, 1.807) is 11.3 Å². The molecule has 1 saturated carbocycles. The topological polar surface area (TPSA) is 55.0 Å². The molecule has 5 heteroatoms. The van der Waals surface area contributed by atoms with Gasteiger partial charge >= 0.3 is 0 Å². The number of nitrogens with two attached hydrogens (primary N) is 1. The molecule has 2 aromatic heterocycles. The number of fused-ring (bicyclic) bond motifs is 2. The summed E-state index contributed by atoms with van der Waals surface area (Å²) in [6.07, 6.45) is 2.47. The number of aromatic nitrogens is 2. The van der Waals surface area contributed by atoms with Crippen LogP contribution in [0.15, 0.2) is 0 Å². The van der Waals surface area contributed by atoms with E-state index in [2.05, 4.69) is 23.7 Å². The molecule has 2 aromatic rings. The van der Waals surface area contributed by atoms with Gasteiger partial charge in [-0.2, -0.15) is 0 Å². The zero-order chi connectivity index (χ0) is 14.7. The van der Waals surface area contributed by atoms with Gasteiger partial charge in [-0.3, -0.25) is 0 Å². The molecule has 0 amide bonds. The zero-order valence-electron chi connectivity index (χ0n) is 12.9. The summed E-state index contributed by atoms with van der Waals surface area (Å²) in [5.41, 5.74) is 7.62. The minimum atomic E-state index is 0.378. The molecule has 3 atom stereocenters. The smallest absolute Gasteiger partial charge is 0.141 e. The third-order valence-corrected chi connectivity index (χ3v) is 6.43. The fraction of sp³-hybridized carbons (Fsp3) is 0.625. The average Bonchev–Trinajstić information content (AvgIpc) is 3.07. The Balaban J connectivity index is 1.80. The van der Waals surface area contributed by atoms with Crippen LogP contribution in [0.2, 0.25) is 0 Å². The second-order valence-corrected chi connectivity index (χ2v) is 7.83. The molecule has 4 nitrogen and oxygen atoms in total. The normalized spacial score (nSPS) is 28.6. The SMILES string of the molecule is Cc1nc(N2CC3CCC(N)C3C2)c2c(C)c(C)sc2n1. The lowest BCUT2D eigenvalue weighted by Crippen LogP contribution is -2.30. The summed E-state index contributed by atoms with van der Waals surface area (Å²) < 4.78 is 0. The maximum absolute atomic E-state index is 6.28. The Hall–Kier alpha value is -1.20. The van der Waals surface area contributed by atoms with Crippen LogP contribution in [0.25, 0.3) is 10.2 Å². The first-order valence-electron chi connectivity index (χ1n) is 7.79. The molecule has 1 aliphatic carbocycles. The Kier molecular flexibility index (Phi) is 2.98. The maximum atomic E-state index is 6.28. The minimum Gasteiger partial charge on any atom is -0.355 e. The second-order valence-electron chi connectivity index (χ2n) is 6.63. The largest absolute Gasteiger partial charge is 0.355 e. The van der Waals surface area contributed by atoms with Gasteiger partial charge < -0.3 is 10.6 Å².